The van der Waals surface area contributed by atoms with Crippen LogP contribution in [-0.4, -0.2) is 52.7 Å². The SMILES string of the molecule is CCCCc1ccc(C(C)(O)CC(F)(F)C(F)(F)C(F)(F)C(F)(F)C(F)(F)C(F)(F)C(F)(F)C(F)(F)F)cc1. The predicted molar refractivity (Wildman–Crippen MR) is 99.9 cm³/mol. The van der Waals surface area contributed by atoms with Gasteiger partial charge in [0.25, 0.3) is 0 Å². The zero-order valence-corrected chi connectivity index (χ0v) is 19.5. The summed E-state index contributed by atoms with van der Waals surface area (Å²) in [7, 11) is 0. The number of hydrogen-bond acceptors (Lipinski definition) is 1. The first kappa shape index (κ1) is 35.0. The van der Waals surface area contributed by atoms with E-state index in [-0.39, 0.29) is 6.92 Å². The van der Waals surface area contributed by atoms with E-state index in [9.17, 15) is 79.7 Å². The summed E-state index contributed by atoms with van der Waals surface area (Å²) in [5.74, 6) is -57.0. The zero-order chi connectivity index (χ0) is 31.3. The Morgan fingerprint density at radius 2 is 0.923 bits per heavy atom. The first-order valence-corrected chi connectivity index (χ1v) is 10.5. The van der Waals surface area contributed by atoms with Crippen LogP contribution in [0, 0.1) is 0 Å². The molecule has 0 saturated heterocycles. The number of rotatable bonds is 12. The Balaban J connectivity index is 3.51. The highest BCUT2D eigenvalue weighted by atomic mass is 19.4. The third-order valence-electron chi connectivity index (χ3n) is 5.75. The fourth-order valence-electron chi connectivity index (χ4n) is 3.25. The van der Waals surface area contributed by atoms with Crippen LogP contribution in [0.5, 0.6) is 0 Å². The molecule has 1 unspecified atom stereocenters. The summed E-state index contributed by atoms with van der Waals surface area (Å²) < 4.78 is 228. The van der Waals surface area contributed by atoms with Crippen LogP contribution in [0.4, 0.5) is 74.6 Å². The Kier molecular flexibility index (Phi) is 9.09. The third-order valence-corrected chi connectivity index (χ3v) is 5.75. The number of aliphatic hydroxyl groups is 1. The lowest BCUT2D eigenvalue weighted by molar-refractivity contribution is -0.462. The number of unbranched alkanes of at least 4 members (excludes halogenated alkanes) is 1. The van der Waals surface area contributed by atoms with Crippen molar-refractivity contribution in [3.63, 3.8) is 0 Å². The first-order valence-electron chi connectivity index (χ1n) is 10.5. The second-order valence-electron chi connectivity index (χ2n) is 8.90. The Hall–Kier alpha value is -2.01. The summed E-state index contributed by atoms with van der Waals surface area (Å²) >= 11 is 0. The Morgan fingerprint density at radius 3 is 1.28 bits per heavy atom. The summed E-state index contributed by atoms with van der Waals surface area (Å²) in [6, 6.07) is 4.00. The van der Waals surface area contributed by atoms with Crippen LogP contribution in [0.1, 0.15) is 44.2 Å². The summed E-state index contributed by atoms with van der Waals surface area (Å²) in [5, 5.41) is 10.2. The van der Waals surface area contributed by atoms with Gasteiger partial charge in [-0.3, -0.25) is 0 Å². The van der Waals surface area contributed by atoms with Gasteiger partial charge in [-0.15, -0.1) is 0 Å². The number of aryl methyl sites for hydroxylation is 1. The fourth-order valence-corrected chi connectivity index (χ4v) is 3.25. The van der Waals surface area contributed by atoms with E-state index in [1.807, 2.05) is 0 Å². The molecule has 228 valence electrons. The maximum Gasteiger partial charge on any atom is 0.460 e. The smallest absolute Gasteiger partial charge is 0.385 e. The molecule has 0 aliphatic rings. The molecule has 1 aromatic rings. The van der Waals surface area contributed by atoms with Crippen molar-refractivity contribution >= 4 is 0 Å². The highest BCUT2D eigenvalue weighted by Crippen LogP contribution is 2.64. The van der Waals surface area contributed by atoms with Gasteiger partial charge in [-0.25, -0.2) is 0 Å². The van der Waals surface area contributed by atoms with Crippen LogP contribution in [0.25, 0.3) is 0 Å². The van der Waals surface area contributed by atoms with Crippen molar-refractivity contribution in [3.8, 4) is 0 Å². The van der Waals surface area contributed by atoms with Crippen molar-refractivity contribution < 1.29 is 79.7 Å². The normalized spacial score (nSPS) is 16.8. The van der Waals surface area contributed by atoms with Crippen molar-refractivity contribution in [3.05, 3.63) is 35.4 Å². The average Bonchev–Trinajstić information content (AvgIpc) is 2.75. The van der Waals surface area contributed by atoms with Crippen molar-refractivity contribution in [1.82, 2.24) is 0 Å². The topological polar surface area (TPSA) is 20.2 Å². The third kappa shape index (κ3) is 5.49. The molecule has 0 radical (unpaired) electrons. The van der Waals surface area contributed by atoms with Crippen LogP contribution < -0.4 is 0 Å². The molecule has 1 rings (SSSR count). The summed E-state index contributed by atoms with van der Waals surface area (Å²) in [5.41, 5.74) is -3.51. The molecule has 1 aromatic carbocycles. The van der Waals surface area contributed by atoms with E-state index < -0.39 is 65.2 Å². The fraction of sp³-hybridized carbons (Fsp3) is 0.714. The summed E-state index contributed by atoms with van der Waals surface area (Å²) in [6.07, 6.45) is -9.04. The molecule has 1 nitrogen and oxygen atoms in total. The van der Waals surface area contributed by atoms with E-state index in [0.29, 0.717) is 24.8 Å². The second kappa shape index (κ2) is 10.1. The minimum atomic E-state index is -8.68. The van der Waals surface area contributed by atoms with Gasteiger partial charge in [0.1, 0.15) is 0 Å². The number of hydrogen-bond donors (Lipinski definition) is 1. The van der Waals surface area contributed by atoms with Gasteiger partial charge in [0, 0.05) is 0 Å². The van der Waals surface area contributed by atoms with Crippen LogP contribution >= 0.6 is 0 Å². The predicted octanol–water partition coefficient (Wildman–Crippen LogP) is 8.64. The maximum atomic E-state index is 14.3. The van der Waals surface area contributed by atoms with E-state index >= 15 is 0 Å². The molecule has 0 fully saturated rings. The monoisotopic (exact) mass is 610 g/mol. The van der Waals surface area contributed by atoms with Gasteiger partial charge in [-0.05, 0) is 30.9 Å². The minimum absolute atomic E-state index is 0.279. The molecular formula is C21H19F17O. The number of alkyl halides is 17. The standard InChI is InChI=1S/C21H19F17O/c1-3-4-5-11-6-8-12(9-7-11)13(2,39)10-14(22,23)15(24,25)16(26,27)17(28,29)18(30,31)19(32,33)20(34,35)21(36,37)38/h6-9,39H,3-5,10H2,1-2H3. The lowest BCUT2D eigenvalue weighted by Gasteiger charge is -2.43. The molecule has 0 aromatic heterocycles. The van der Waals surface area contributed by atoms with Gasteiger partial charge in [0.15, 0.2) is 0 Å². The van der Waals surface area contributed by atoms with E-state index in [1.165, 1.54) is 12.1 Å². The largest absolute Gasteiger partial charge is 0.460 e. The molecule has 0 bridgehead atoms. The molecule has 0 heterocycles. The van der Waals surface area contributed by atoms with Crippen molar-refractivity contribution in [2.75, 3.05) is 0 Å². The zero-order valence-electron chi connectivity index (χ0n) is 19.5. The summed E-state index contributed by atoms with van der Waals surface area (Å²) in [4.78, 5) is 0. The lowest BCUT2D eigenvalue weighted by Crippen LogP contribution is -2.74. The van der Waals surface area contributed by atoms with Crippen LogP contribution in [0.15, 0.2) is 24.3 Å². The number of halogens is 17. The Labute approximate surface area is 209 Å². The molecule has 0 spiro atoms. The van der Waals surface area contributed by atoms with Crippen LogP contribution in [0.3, 0.4) is 0 Å². The van der Waals surface area contributed by atoms with Gasteiger partial charge in [-0.2, -0.15) is 74.6 Å². The molecule has 39 heavy (non-hydrogen) atoms. The summed E-state index contributed by atoms with van der Waals surface area (Å²) in [6.45, 7) is 2.07. The number of benzene rings is 1. The average molecular weight is 610 g/mol. The van der Waals surface area contributed by atoms with Crippen LogP contribution in [-0.2, 0) is 12.0 Å². The molecule has 1 N–H and O–H groups in total. The van der Waals surface area contributed by atoms with E-state index in [4.69, 9.17) is 0 Å². The Morgan fingerprint density at radius 1 is 0.564 bits per heavy atom. The first-order chi connectivity index (χ1) is 17.0. The van der Waals surface area contributed by atoms with Gasteiger partial charge in [0.2, 0.25) is 0 Å². The van der Waals surface area contributed by atoms with Crippen LogP contribution in [0.2, 0.25) is 0 Å². The van der Waals surface area contributed by atoms with E-state index in [1.54, 1.807) is 6.92 Å². The highest BCUT2D eigenvalue weighted by molar-refractivity contribution is 5.28. The molecule has 1 atom stereocenters. The van der Waals surface area contributed by atoms with Gasteiger partial charge < -0.3 is 5.11 Å². The maximum absolute atomic E-state index is 14.3. The molecule has 0 aliphatic heterocycles. The quantitative estimate of drug-likeness (QED) is 0.235. The lowest BCUT2D eigenvalue weighted by atomic mass is 9.83. The van der Waals surface area contributed by atoms with E-state index in [2.05, 4.69) is 0 Å². The van der Waals surface area contributed by atoms with Crippen molar-refractivity contribution in [2.45, 2.75) is 92.8 Å². The second-order valence-corrected chi connectivity index (χ2v) is 8.90. The van der Waals surface area contributed by atoms with Crippen molar-refractivity contribution in [1.29, 1.82) is 0 Å². The van der Waals surface area contributed by atoms with Gasteiger partial charge in [-0.1, -0.05) is 37.6 Å². The molecule has 0 aliphatic carbocycles. The highest BCUT2D eigenvalue weighted by Gasteiger charge is 2.95. The molecule has 0 amide bonds. The van der Waals surface area contributed by atoms with Crippen molar-refractivity contribution in [2.24, 2.45) is 0 Å². The van der Waals surface area contributed by atoms with Gasteiger partial charge in [0.05, 0.1) is 12.0 Å². The molecule has 18 heteroatoms. The van der Waals surface area contributed by atoms with Gasteiger partial charge >= 0.3 is 47.6 Å². The molecule has 0 saturated carbocycles. The molecular weight excluding hydrogens is 591 g/mol. The Bertz CT molecular complexity index is 977. The minimum Gasteiger partial charge on any atom is -0.385 e. The van der Waals surface area contributed by atoms with E-state index in [0.717, 1.165) is 12.1 Å².